The van der Waals surface area contributed by atoms with E-state index in [9.17, 15) is 18.0 Å². The van der Waals surface area contributed by atoms with Crippen LogP contribution in [0.25, 0.3) is 22.3 Å². The number of carbonyl (C=O) groups is 1. The summed E-state index contributed by atoms with van der Waals surface area (Å²) < 4.78 is 44.2. The maximum atomic E-state index is 12.8. The molecule has 0 bridgehead atoms. The largest absolute Gasteiger partial charge is 0.437 e. The molecule has 0 atom stereocenters. The van der Waals surface area contributed by atoms with Crippen molar-refractivity contribution in [2.45, 2.75) is 13.1 Å². The molecule has 0 saturated carbocycles. The van der Waals surface area contributed by atoms with Gasteiger partial charge in [0.2, 0.25) is 11.8 Å². The SMILES string of the molecule is CC(=O)Nc1cnc2cccc(Oc3cc(-c4ccc(C(F)(F)F)cc4)ncn3)c2n1. The molecule has 2 aromatic heterocycles. The number of fused-ring (bicyclic) bond motifs is 1. The minimum absolute atomic E-state index is 0.170. The van der Waals surface area contributed by atoms with Crippen LogP contribution in [0.5, 0.6) is 11.6 Å². The summed E-state index contributed by atoms with van der Waals surface area (Å²) in [7, 11) is 0. The third-order valence-corrected chi connectivity index (χ3v) is 4.20. The number of aromatic nitrogens is 4. The number of anilines is 1. The molecule has 0 aliphatic carbocycles. The summed E-state index contributed by atoms with van der Waals surface area (Å²) in [6.45, 7) is 1.36. The topological polar surface area (TPSA) is 89.9 Å². The van der Waals surface area contributed by atoms with Gasteiger partial charge in [0.25, 0.3) is 0 Å². The van der Waals surface area contributed by atoms with Crippen molar-refractivity contribution in [2.24, 2.45) is 0 Å². The highest BCUT2D eigenvalue weighted by Gasteiger charge is 2.30. The molecule has 0 spiro atoms. The van der Waals surface area contributed by atoms with Gasteiger partial charge in [-0.25, -0.2) is 15.0 Å². The molecule has 0 aliphatic rings. The van der Waals surface area contributed by atoms with Gasteiger partial charge in [0.1, 0.15) is 11.8 Å². The lowest BCUT2D eigenvalue weighted by Crippen LogP contribution is -2.08. The van der Waals surface area contributed by atoms with Gasteiger partial charge in [0, 0.05) is 18.6 Å². The van der Waals surface area contributed by atoms with Gasteiger partial charge in [-0.2, -0.15) is 13.2 Å². The van der Waals surface area contributed by atoms with E-state index in [4.69, 9.17) is 4.74 Å². The lowest BCUT2D eigenvalue weighted by atomic mass is 10.1. The Morgan fingerprint density at radius 2 is 1.81 bits per heavy atom. The van der Waals surface area contributed by atoms with Gasteiger partial charge in [-0.3, -0.25) is 9.78 Å². The Kier molecular flexibility index (Phi) is 5.20. The average Bonchev–Trinajstić information content (AvgIpc) is 2.73. The normalized spacial score (nSPS) is 11.4. The fourth-order valence-electron chi connectivity index (χ4n) is 2.83. The van der Waals surface area contributed by atoms with Crippen molar-refractivity contribution in [3.05, 3.63) is 66.6 Å². The second-order valence-electron chi connectivity index (χ2n) is 6.48. The fourth-order valence-corrected chi connectivity index (χ4v) is 2.83. The number of nitrogens with zero attached hydrogens (tertiary/aromatic N) is 4. The zero-order chi connectivity index (χ0) is 22.0. The molecule has 0 fully saturated rings. The highest BCUT2D eigenvalue weighted by atomic mass is 19.4. The molecule has 2 aromatic carbocycles. The van der Waals surface area contributed by atoms with Gasteiger partial charge in [0.05, 0.1) is 23.0 Å². The zero-order valence-electron chi connectivity index (χ0n) is 16.0. The highest BCUT2D eigenvalue weighted by molar-refractivity contribution is 5.89. The molecule has 0 saturated heterocycles. The number of hydrogen-bond donors (Lipinski definition) is 1. The molecule has 1 N–H and O–H groups in total. The fraction of sp³-hybridized carbons (Fsp3) is 0.0952. The number of benzene rings is 2. The smallest absolute Gasteiger partial charge is 0.416 e. The number of carbonyl (C=O) groups excluding carboxylic acids is 1. The van der Waals surface area contributed by atoms with Gasteiger partial charge < -0.3 is 10.1 Å². The molecule has 0 radical (unpaired) electrons. The Bertz CT molecular complexity index is 1260. The summed E-state index contributed by atoms with van der Waals surface area (Å²) in [5, 5.41) is 2.56. The summed E-state index contributed by atoms with van der Waals surface area (Å²) in [5.74, 6) is 0.492. The number of hydrogen-bond acceptors (Lipinski definition) is 6. The van der Waals surface area contributed by atoms with E-state index < -0.39 is 11.7 Å². The predicted octanol–water partition coefficient (Wildman–Crippen LogP) is 4.86. The van der Waals surface area contributed by atoms with Crippen molar-refractivity contribution in [2.75, 3.05) is 5.32 Å². The highest BCUT2D eigenvalue weighted by Crippen LogP contribution is 2.32. The molecule has 1 amide bonds. The van der Waals surface area contributed by atoms with Crippen LogP contribution in [0, 0.1) is 0 Å². The van der Waals surface area contributed by atoms with Crippen molar-refractivity contribution < 1.29 is 22.7 Å². The first-order valence-electron chi connectivity index (χ1n) is 9.00. The molecule has 4 rings (SSSR count). The number of halogens is 3. The quantitative estimate of drug-likeness (QED) is 0.502. The number of para-hydroxylation sites is 1. The lowest BCUT2D eigenvalue weighted by Gasteiger charge is -2.10. The molecular formula is C21H14F3N5O2. The van der Waals surface area contributed by atoms with Crippen LogP contribution in [-0.4, -0.2) is 25.8 Å². The Morgan fingerprint density at radius 1 is 1.03 bits per heavy atom. The number of rotatable bonds is 4. The minimum Gasteiger partial charge on any atom is -0.437 e. The van der Waals surface area contributed by atoms with E-state index in [2.05, 4.69) is 25.3 Å². The standard InChI is InChI=1S/C21H14F3N5O2/c1-12(30)28-18-10-25-15-3-2-4-17(20(15)29-18)31-19-9-16(26-11-27-19)13-5-7-14(8-6-13)21(22,23)24/h2-11H,1H3,(H,28,29,30). The van der Waals surface area contributed by atoms with Crippen LogP contribution in [0.15, 0.2) is 61.1 Å². The van der Waals surface area contributed by atoms with Crippen molar-refractivity contribution >= 4 is 22.8 Å². The van der Waals surface area contributed by atoms with Gasteiger partial charge in [-0.15, -0.1) is 0 Å². The van der Waals surface area contributed by atoms with Crippen molar-refractivity contribution in [3.8, 4) is 22.9 Å². The van der Waals surface area contributed by atoms with Crippen molar-refractivity contribution in [1.29, 1.82) is 0 Å². The lowest BCUT2D eigenvalue weighted by molar-refractivity contribution is -0.137. The summed E-state index contributed by atoms with van der Waals surface area (Å²) in [4.78, 5) is 28.1. The van der Waals surface area contributed by atoms with E-state index in [-0.39, 0.29) is 17.6 Å². The van der Waals surface area contributed by atoms with E-state index >= 15 is 0 Å². The molecule has 4 aromatic rings. The van der Waals surface area contributed by atoms with Crippen LogP contribution in [-0.2, 0) is 11.0 Å². The van der Waals surface area contributed by atoms with Crippen LogP contribution in [0.2, 0.25) is 0 Å². The van der Waals surface area contributed by atoms with Crippen LogP contribution < -0.4 is 10.1 Å². The summed E-state index contributed by atoms with van der Waals surface area (Å²) >= 11 is 0. The molecule has 7 nitrogen and oxygen atoms in total. The molecule has 0 aliphatic heterocycles. The summed E-state index contributed by atoms with van der Waals surface area (Å²) in [6, 6.07) is 11.3. The maximum Gasteiger partial charge on any atom is 0.416 e. The van der Waals surface area contributed by atoms with E-state index in [1.165, 1.54) is 37.6 Å². The third kappa shape index (κ3) is 4.58. The predicted molar refractivity (Wildman–Crippen MR) is 106 cm³/mol. The van der Waals surface area contributed by atoms with Crippen LogP contribution in [0.4, 0.5) is 19.0 Å². The van der Waals surface area contributed by atoms with Crippen LogP contribution in [0.1, 0.15) is 12.5 Å². The second kappa shape index (κ2) is 7.98. The maximum absolute atomic E-state index is 12.8. The van der Waals surface area contributed by atoms with Gasteiger partial charge in [-0.1, -0.05) is 18.2 Å². The van der Waals surface area contributed by atoms with Crippen molar-refractivity contribution in [1.82, 2.24) is 19.9 Å². The molecule has 0 unspecified atom stereocenters. The number of nitrogens with one attached hydrogen (secondary N) is 1. The molecular weight excluding hydrogens is 411 g/mol. The Labute approximate surface area is 174 Å². The zero-order valence-corrected chi connectivity index (χ0v) is 16.0. The van der Waals surface area contributed by atoms with Crippen LogP contribution >= 0.6 is 0 Å². The van der Waals surface area contributed by atoms with Gasteiger partial charge in [-0.05, 0) is 24.3 Å². The molecule has 156 valence electrons. The van der Waals surface area contributed by atoms with E-state index in [1.807, 2.05) is 0 Å². The summed E-state index contributed by atoms with van der Waals surface area (Å²) in [5.41, 5.74) is 1.08. The molecule has 31 heavy (non-hydrogen) atoms. The molecule has 10 heteroatoms. The van der Waals surface area contributed by atoms with Gasteiger partial charge >= 0.3 is 6.18 Å². The Hall–Kier alpha value is -4.08. The van der Waals surface area contributed by atoms with Gasteiger partial charge in [0.15, 0.2) is 11.6 Å². The first-order chi connectivity index (χ1) is 14.8. The number of amides is 1. The summed E-state index contributed by atoms with van der Waals surface area (Å²) in [6.07, 6.45) is -1.73. The third-order valence-electron chi connectivity index (χ3n) is 4.20. The van der Waals surface area contributed by atoms with E-state index in [1.54, 1.807) is 18.2 Å². The first-order valence-corrected chi connectivity index (χ1v) is 9.00. The van der Waals surface area contributed by atoms with Crippen molar-refractivity contribution in [3.63, 3.8) is 0 Å². The minimum atomic E-state index is -4.41. The number of alkyl halides is 3. The number of ether oxygens (including phenoxy) is 1. The monoisotopic (exact) mass is 425 g/mol. The Morgan fingerprint density at radius 3 is 2.52 bits per heavy atom. The van der Waals surface area contributed by atoms with E-state index in [0.717, 1.165) is 12.1 Å². The second-order valence-corrected chi connectivity index (χ2v) is 6.48. The molecule has 2 heterocycles. The van der Waals surface area contributed by atoms with E-state index in [0.29, 0.717) is 28.0 Å². The van der Waals surface area contributed by atoms with Crippen LogP contribution in [0.3, 0.4) is 0 Å². The Balaban J connectivity index is 1.65. The first kappa shape index (κ1) is 20.2. The average molecular weight is 425 g/mol.